The van der Waals surface area contributed by atoms with Crippen molar-refractivity contribution in [2.45, 2.75) is 11.2 Å². The highest BCUT2D eigenvalue weighted by Crippen LogP contribution is 2.41. The second-order valence-electron chi connectivity index (χ2n) is 6.53. The van der Waals surface area contributed by atoms with Gasteiger partial charge in [0.1, 0.15) is 5.75 Å². The Morgan fingerprint density at radius 3 is 2.53 bits per heavy atom. The van der Waals surface area contributed by atoms with E-state index in [-0.39, 0.29) is 27.8 Å². The predicted molar refractivity (Wildman–Crippen MR) is 125 cm³/mol. The maximum atomic E-state index is 13.5. The van der Waals surface area contributed by atoms with Crippen LogP contribution < -0.4 is 19.5 Å². The van der Waals surface area contributed by atoms with Gasteiger partial charge in [0.2, 0.25) is 0 Å². The molecule has 0 aliphatic carbocycles. The molecule has 1 aromatic heterocycles. The number of anilines is 1. The summed E-state index contributed by atoms with van der Waals surface area (Å²) in [5, 5.41) is 1.99. The molecule has 2 N–H and O–H groups in total. The fraction of sp³-hybridized carbons (Fsp3) is 0.143. The van der Waals surface area contributed by atoms with E-state index in [9.17, 15) is 22.5 Å². The SMILES string of the molecule is CN[S+]([O-])c1cc(NC(=O)c2cc(Cl)c(C(F)(F)F)cc2Oc2ccc(Br)cc2OC)ccn1. The third-order valence-corrected chi connectivity index (χ3v) is 6.11. The molecule has 7 nitrogen and oxygen atoms in total. The number of methoxy groups -OCH3 is 1. The van der Waals surface area contributed by atoms with Gasteiger partial charge in [0, 0.05) is 29.5 Å². The maximum absolute atomic E-state index is 13.5. The molecule has 1 atom stereocenters. The smallest absolute Gasteiger partial charge is 0.417 e. The zero-order valence-electron chi connectivity index (χ0n) is 17.5. The Bertz CT molecular complexity index is 1220. The van der Waals surface area contributed by atoms with Crippen molar-refractivity contribution in [2.24, 2.45) is 0 Å². The minimum Gasteiger partial charge on any atom is -0.592 e. The number of ether oxygens (including phenoxy) is 2. The lowest BCUT2D eigenvalue weighted by molar-refractivity contribution is -0.137. The number of rotatable bonds is 7. The van der Waals surface area contributed by atoms with Crippen molar-refractivity contribution >= 4 is 50.5 Å². The summed E-state index contributed by atoms with van der Waals surface area (Å²) in [5.41, 5.74) is -1.23. The van der Waals surface area contributed by atoms with Gasteiger partial charge in [-0.2, -0.15) is 13.2 Å². The third-order valence-electron chi connectivity index (χ3n) is 4.33. The Balaban J connectivity index is 2.04. The van der Waals surface area contributed by atoms with Gasteiger partial charge >= 0.3 is 6.18 Å². The van der Waals surface area contributed by atoms with E-state index in [4.69, 9.17) is 21.1 Å². The molecule has 1 heterocycles. The van der Waals surface area contributed by atoms with Crippen LogP contribution in [0.25, 0.3) is 0 Å². The van der Waals surface area contributed by atoms with E-state index < -0.39 is 39.8 Å². The van der Waals surface area contributed by atoms with Gasteiger partial charge in [-0.1, -0.05) is 27.5 Å². The van der Waals surface area contributed by atoms with Crippen LogP contribution in [0.1, 0.15) is 15.9 Å². The van der Waals surface area contributed by atoms with Gasteiger partial charge in [-0.3, -0.25) is 4.79 Å². The normalized spacial score (nSPS) is 12.2. The van der Waals surface area contributed by atoms with E-state index >= 15 is 0 Å². The van der Waals surface area contributed by atoms with Crippen molar-refractivity contribution in [2.75, 3.05) is 19.5 Å². The van der Waals surface area contributed by atoms with Crippen LogP contribution in [0.15, 0.2) is 58.2 Å². The molecule has 0 saturated heterocycles. The summed E-state index contributed by atoms with van der Waals surface area (Å²) in [6, 6.07) is 8.91. The van der Waals surface area contributed by atoms with Gasteiger partial charge < -0.3 is 19.3 Å². The number of hydrogen-bond donors (Lipinski definition) is 2. The quantitative estimate of drug-likeness (QED) is 0.344. The van der Waals surface area contributed by atoms with E-state index in [0.29, 0.717) is 10.5 Å². The Hall–Kier alpha value is -2.51. The van der Waals surface area contributed by atoms with Gasteiger partial charge in [-0.25, -0.2) is 4.98 Å². The highest BCUT2D eigenvalue weighted by molar-refractivity contribution is 9.10. The fourth-order valence-corrected chi connectivity index (χ4v) is 3.98. The number of benzene rings is 2. The number of halogens is 5. The zero-order valence-corrected chi connectivity index (χ0v) is 20.7. The second kappa shape index (κ2) is 10.8. The van der Waals surface area contributed by atoms with E-state index in [2.05, 4.69) is 31.0 Å². The first-order valence-electron chi connectivity index (χ1n) is 9.32. The number of pyridine rings is 1. The predicted octanol–water partition coefficient (Wildman–Crippen LogP) is 5.81. The van der Waals surface area contributed by atoms with E-state index in [1.54, 1.807) is 12.1 Å². The highest BCUT2D eigenvalue weighted by atomic mass is 79.9. The first-order chi connectivity index (χ1) is 16.0. The average molecular weight is 579 g/mol. The van der Waals surface area contributed by atoms with Crippen LogP contribution >= 0.6 is 27.5 Å². The number of alkyl halides is 3. The molecular weight excluding hydrogens is 563 g/mol. The van der Waals surface area contributed by atoms with Crippen LogP contribution in [-0.4, -0.2) is 29.6 Å². The van der Waals surface area contributed by atoms with Crippen molar-refractivity contribution in [3.8, 4) is 17.2 Å². The van der Waals surface area contributed by atoms with Crippen LogP contribution in [-0.2, 0) is 17.5 Å². The number of nitrogens with one attached hydrogen (secondary N) is 2. The number of hydrogen-bond acceptors (Lipinski definition) is 6. The summed E-state index contributed by atoms with van der Waals surface area (Å²) >= 11 is 7.51. The molecule has 0 spiro atoms. The Labute approximate surface area is 209 Å². The Morgan fingerprint density at radius 1 is 1.15 bits per heavy atom. The fourth-order valence-electron chi connectivity index (χ4n) is 2.77. The largest absolute Gasteiger partial charge is 0.592 e. The molecule has 0 bridgehead atoms. The molecule has 1 amide bonds. The minimum absolute atomic E-state index is 0.0748. The molecule has 0 aliphatic rings. The second-order valence-corrected chi connectivity index (χ2v) is 9.22. The molecular formula is C21H16BrClF3N3O4S. The number of aromatic nitrogens is 1. The lowest BCUT2D eigenvalue weighted by Crippen LogP contribution is -2.20. The molecule has 2 aromatic carbocycles. The zero-order chi connectivity index (χ0) is 25.0. The summed E-state index contributed by atoms with van der Waals surface area (Å²) < 4.78 is 66.4. The van der Waals surface area contributed by atoms with Gasteiger partial charge in [-0.05, 0) is 36.4 Å². The van der Waals surface area contributed by atoms with Crippen LogP contribution in [0.3, 0.4) is 0 Å². The molecule has 180 valence electrons. The molecule has 0 radical (unpaired) electrons. The van der Waals surface area contributed by atoms with Gasteiger partial charge in [0.15, 0.2) is 11.5 Å². The number of amides is 1. The summed E-state index contributed by atoms with van der Waals surface area (Å²) in [5.74, 6) is -0.916. The van der Waals surface area contributed by atoms with E-state index in [1.165, 1.54) is 38.6 Å². The van der Waals surface area contributed by atoms with Crippen LogP contribution in [0.4, 0.5) is 18.9 Å². The van der Waals surface area contributed by atoms with E-state index in [1.807, 2.05) is 0 Å². The van der Waals surface area contributed by atoms with Crippen molar-refractivity contribution in [1.82, 2.24) is 9.71 Å². The van der Waals surface area contributed by atoms with Crippen LogP contribution in [0.2, 0.25) is 5.02 Å². The topological polar surface area (TPSA) is 95.5 Å². The Kier molecular flexibility index (Phi) is 8.31. The first kappa shape index (κ1) is 26.1. The molecule has 3 rings (SSSR count). The number of nitrogens with zero attached hydrogens (tertiary/aromatic N) is 1. The summed E-state index contributed by atoms with van der Waals surface area (Å²) in [7, 11) is 2.83. The third kappa shape index (κ3) is 6.13. The van der Waals surface area contributed by atoms with Gasteiger partial charge in [0.25, 0.3) is 10.9 Å². The van der Waals surface area contributed by atoms with Gasteiger partial charge in [0.05, 0.1) is 34.6 Å². The van der Waals surface area contributed by atoms with Crippen molar-refractivity contribution in [3.63, 3.8) is 0 Å². The monoisotopic (exact) mass is 577 g/mol. The number of carbonyl (C=O) groups excluding carboxylic acids is 1. The Morgan fingerprint density at radius 2 is 1.88 bits per heavy atom. The molecule has 3 aromatic rings. The molecule has 0 saturated carbocycles. The number of carbonyl (C=O) groups is 1. The molecule has 34 heavy (non-hydrogen) atoms. The summed E-state index contributed by atoms with van der Waals surface area (Å²) in [6.07, 6.45) is -3.46. The lowest BCUT2D eigenvalue weighted by Gasteiger charge is -2.17. The van der Waals surface area contributed by atoms with Crippen LogP contribution in [0, 0.1) is 0 Å². The van der Waals surface area contributed by atoms with Crippen molar-refractivity contribution in [3.05, 3.63) is 69.3 Å². The van der Waals surface area contributed by atoms with E-state index in [0.717, 1.165) is 6.07 Å². The highest BCUT2D eigenvalue weighted by Gasteiger charge is 2.35. The van der Waals surface area contributed by atoms with Crippen LogP contribution in [0.5, 0.6) is 17.2 Å². The molecule has 13 heteroatoms. The standard InChI is InChI=1S/C21H16BrClF3N3O4S/c1-27-34(31)19-8-12(5-6-28-19)29-20(30)13-9-15(23)14(21(24,25)26)10-17(13)33-16-4-3-11(22)7-18(16)32-2/h3-10,27H,1-2H3,(H,28,29,30). The first-order valence-corrected chi connectivity index (χ1v) is 11.6. The van der Waals surface area contributed by atoms with Crippen molar-refractivity contribution in [1.29, 1.82) is 0 Å². The molecule has 0 aliphatic heterocycles. The lowest BCUT2D eigenvalue weighted by atomic mass is 10.1. The van der Waals surface area contributed by atoms with Crippen molar-refractivity contribution < 1.29 is 32.0 Å². The average Bonchev–Trinajstić information content (AvgIpc) is 2.79. The molecule has 0 fully saturated rings. The minimum atomic E-state index is -4.79. The summed E-state index contributed by atoms with van der Waals surface area (Å²) in [4.78, 5) is 17.0. The summed E-state index contributed by atoms with van der Waals surface area (Å²) in [6.45, 7) is 0. The maximum Gasteiger partial charge on any atom is 0.417 e. The van der Waals surface area contributed by atoms with Gasteiger partial charge in [-0.15, -0.1) is 4.72 Å². The molecule has 1 unspecified atom stereocenters.